The van der Waals surface area contributed by atoms with Gasteiger partial charge in [0.1, 0.15) is 6.04 Å². The minimum absolute atomic E-state index is 0. The van der Waals surface area contributed by atoms with Crippen molar-refractivity contribution in [3.63, 3.8) is 0 Å². The van der Waals surface area contributed by atoms with Crippen LogP contribution in [-0.2, 0) is 4.79 Å². The van der Waals surface area contributed by atoms with E-state index in [9.17, 15) is 4.79 Å². The van der Waals surface area contributed by atoms with Gasteiger partial charge < -0.3 is 5.11 Å². The minimum atomic E-state index is -0.630. The van der Waals surface area contributed by atoms with Crippen LogP contribution in [0.15, 0.2) is 0 Å². The average molecular weight is 320 g/mol. The zero-order valence-corrected chi connectivity index (χ0v) is 14.5. The van der Waals surface area contributed by atoms with Gasteiger partial charge in [0.2, 0.25) is 0 Å². The zero-order chi connectivity index (χ0) is 14.6. The van der Waals surface area contributed by atoms with E-state index < -0.39 is 5.97 Å². The summed E-state index contributed by atoms with van der Waals surface area (Å²) in [5, 5.41) is 9.10. The molecule has 1 fully saturated rings. The van der Waals surface area contributed by atoms with E-state index in [2.05, 4.69) is 11.8 Å². The number of rotatable bonds is 12. The molecule has 0 aliphatic carbocycles. The second-order valence-electron chi connectivity index (χ2n) is 6.21. The largest absolute Gasteiger partial charge is 0.480 e. The molecule has 0 aromatic heterocycles. The lowest BCUT2D eigenvalue weighted by atomic mass is 10.1. The summed E-state index contributed by atoms with van der Waals surface area (Å²) in [7, 11) is 0. The van der Waals surface area contributed by atoms with Gasteiger partial charge >= 0.3 is 5.97 Å². The summed E-state index contributed by atoms with van der Waals surface area (Å²) < 4.78 is 0. The highest BCUT2D eigenvalue weighted by atomic mass is 35.5. The predicted molar refractivity (Wildman–Crippen MR) is 91.3 cm³/mol. The van der Waals surface area contributed by atoms with E-state index in [1.54, 1.807) is 0 Å². The molecule has 1 saturated heterocycles. The molecule has 4 heteroatoms. The first-order chi connectivity index (χ1) is 9.75. The minimum Gasteiger partial charge on any atom is -0.480 e. The van der Waals surface area contributed by atoms with E-state index in [1.807, 2.05) is 0 Å². The molecule has 1 atom stereocenters. The van der Waals surface area contributed by atoms with E-state index in [1.165, 1.54) is 64.2 Å². The molecule has 21 heavy (non-hydrogen) atoms. The van der Waals surface area contributed by atoms with Crippen molar-refractivity contribution in [2.75, 3.05) is 13.1 Å². The van der Waals surface area contributed by atoms with Crippen LogP contribution in [0, 0.1) is 0 Å². The highest BCUT2D eigenvalue weighted by Crippen LogP contribution is 2.18. The average Bonchev–Trinajstić information content (AvgIpc) is 2.89. The van der Waals surface area contributed by atoms with Crippen molar-refractivity contribution < 1.29 is 9.90 Å². The number of unbranched alkanes of at least 4 members (excludes halogenated alkanes) is 9. The Balaban J connectivity index is 0.00000400. The lowest BCUT2D eigenvalue weighted by Crippen LogP contribution is -2.36. The fraction of sp³-hybridized carbons (Fsp3) is 0.941. The van der Waals surface area contributed by atoms with E-state index >= 15 is 0 Å². The maximum Gasteiger partial charge on any atom is 0.320 e. The second kappa shape index (κ2) is 13.4. The fourth-order valence-electron chi connectivity index (χ4n) is 3.18. The fourth-order valence-corrected chi connectivity index (χ4v) is 3.18. The number of hydrogen-bond donors (Lipinski definition) is 1. The van der Waals surface area contributed by atoms with Crippen LogP contribution in [-0.4, -0.2) is 35.1 Å². The molecule has 0 saturated carbocycles. The van der Waals surface area contributed by atoms with Crippen LogP contribution < -0.4 is 0 Å². The van der Waals surface area contributed by atoms with Crippen LogP contribution >= 0.6 is 12.4 Å². The highest BCUT2D eigenvalue weighted by Gasteiger charge is 2.29. The molecule has 0 bridgehead atoms. The number of carbonyl (C=O) groups is 1. The van der Waals surface area contributed by atoms with Crippen molar-refractivity contribution in [2.45, 2.75) is 90.0 Å². The monoisotopic (exact) mass is 319 g/mol. The van der Waals surface area contributed by atoms with Gasteiger partial charge in [0.15, 0.2) is 0 Å². The SMILES string of the molecule is CCCCCCCCCCCCN1CCC[C@H]1C(=O)O.Cl. The molecule has 3 nitrogen and oxygen atoms in total. The first-order valence-electron chi connectivity index (χ1n) is 8.72. The van der Waals surface area contributed by atoms with E-state index in [4.69, 9.17) is 5.11 Å². The summed E-state index contributed by atoms with van der Waals surface area (Å²) in [6.45, 7) is 4.22. The van der Waals surface area contributed by atoms with Gasteiger partial charge in [-0.1, -0.05) is 64.7 Å². The molecule has 126 valence electrons. The summed E-state index contributed by atoms with van der Waals surface area (Å²) >= 11 is 0. The maximum atomic E-state index is 11.1. The first-order valence-corrected chi connectivity index (χ1v) is 8.72. The molecular weight excluding hydrogens is 286 g/mol. The molecule has 1 aliphatic rings. The topological polar surface area (TPSA) is 40.5 Å². The predicted octanol–water partition coefficient (Wildman–Crippen LogP) is 4.88. The normalized spacial score (nSPS) is 18.6. The van der Waals surface area contributed by atoms with Crippen LogP contribution in [0.2, 0.25) is 0 Å². The van der Waals surface area contributed by atoms with Crippen molar-refractivity contribution in [3.8, 4) is 0 Å². The standard InChI is InChI=1S/C17H33NO2.ClH/c1-2-3-4-5-6-7-8-9-10-11-14-18-15-12-13-16(18)17(19)20;/h16H,2-15H2,1H3,(H,19,20);1H/t16-;/m0./s1. The summed E-state index contributed by atoms with van der Waals surface area (Å²) in [6.07, 6.45) is 15.3. The van der Waals surface area contributed by atoms with Gasteiger partial charge in [-0.05, 0) is 32.4 Å². The smallest absolute Gasteiger partial charge is 0.320 e. The number of carboxylic acids is 1. The molecule has 1 aliphatic heterocycles. The zero-order valence-electron chi connectivity index (χ0n) is 13.7. The lowest BCUT2D eigenvalue weighted by molar-refractivity contribution is -0.142. The van der Waals surface area contributed by atoms with Crippen LogP contribution in [0.4, 0.5) is 0 Å². The van der Waals surface area contributed by atoms with Crippen LogP contribution in [0.1, 0.15) is 84.0 Å². The molecule has 1 heterocycles. The molecule has 1 N–H and O–H groups in total. The van der Waals surface area contributed by atoms with Crippen LogP contribution in [0.5, 0.6) is 0 Å². The Kier molecular flexibility index (Phi) is 13.2. The van der Waals surface area contributed by atoms with Gasteiger partial charge in [0.05, 0.1) is 0 Å². The van der Waals surface area contributed by atoms with Crippen molar-refractivity contribution in [1.82, 2.24) is 4.90 Å². The van der Waals surface area contributed by atoms with Crippen LogP contribution in [0.25, 0.3) is 0 Å². The van der Waals surface area contributed by atoms with Gasteiger partial charge in [-0.3, -0.25) is 9.69 Å². The second-order valence-corrected chi connectivity index (χ2v) is 6.21. The Morgan fingerprint density at radius 1 is 1.00 bits per heavy atom. The van der Waals surface area contributed by atoms with Crippen molar-refractivity contribution in [1.29, 1.82) is 0 Å². The number of nitrogens with zero attached hydrogens (tertiary/aromatic N) is 1. The maximum absolute atomic E-state index is 11.1. The van der Waals surface area contributed by atoms with E-state index in [-0.39, 0.29) is 18.4 Å². The van der Waals surface area contributed by atoms with Gasteiger partial charge in [-0.2, -0.15) is 0 Å². The summed E-state index contributed by atoms with van der Waals surface area (Å²) in [4.78, 5) is 13.2. The number of hydrogen-bond acceptors (Lipinski definition) is 2. The lowest BCUT2D eigenvalue weighted by Gasteiger charge is -2.20. The Morgan fingerprint density at radius 2 is 1.52 bits per heavy atom. The Hall–Kier alpha value is -0.280. The Bertz CT molecular complexity index is 261. The van der Waals surface area contributed by atoms with Crippen LogP contribution in [0.3, 0.4) is 0 Å². The molecule has 0 unspecified atom stereocenters. The van der Waals surface area contributed by atoms with Gasteiger partial charge in [-0.15, -0.1) is 12.4 Å². The van der Waals surface area contributed by atoms with Crippen molar-refractivity contribution >= 4 is 18.4 Å². The highest BCUT2D eigenvalue weighted by molar-refractivity contribution is 5.85. The van der Waals surface area contributed by atoms with Gasteiger partial charge in [0, 0.05) is 0 Å². The van der Waals surface area contributed by atoms with Gasteiger partial charge in [-0.25, -0.2) is 0 Å². The quantitative estimate of drug-likeness (QED) is 0.521. The Labute approximate surface area is 136 Å². The number of likely N-dealkylation sites (tertiary alicyclic amines) is 1. The molecule has 0 aromatic carbocycles. The van der Waals surface area contributed by atoms with E-state index in [0.29, 0.717) is 0 Å². The third-order valence-corrected chi connectivity index (χ3v) is 4.45. The molecular formula is C17H34ClNO2. The van der Waals surface area contributed by atoms with Gasteiger partial charge in [0.25, 0.3) is 0 Å². The number of carboxylic acid groups (broad SMARTS) is 1. The third-order valence-electron chi connectivity index (χ3n) is 4.45. The molecule has 0 aromatic rings. The number of aliphatic carboxylic acids is 1. The molecule has 0 radical (unpaired) electrons. The number of halogens is 1. The molecule has 0 spiro atoms. The first kappa shape index (κ1) is 20.7. The molecule has 1 rings (SSSR count). The van der Waals surface area contributed by atoms with Crippen molar-refractivity contribution in [2.24, 2.45) is 0 Å². The summed E-state index contributed by atoms with van der Waals surface area (Å²) in [6, 6.07) is -0.200. The summed E-state index contributed by atoms with van der Waals surface area (Å²) in [5.74, 6) is -0.630. The summed E-state index contributed by atoms with van der Waals surface area (Å²) in [5.41, 5.74) is 0. The molecule has 0 amide bonds. The third kappa shape index (κ3) is 9.36. The van der Waals surface area contributed by atoms with E-state index in [0.717, 1.165) is 25.9 Å². The van der Waals surface area contributed by atoms with Crippen molar-refractivity contribution in [3.05, 3.63) is 0 Å². The Morgan fingerprint density at radius 3 is 2.05 bits per heavy atom.